The van der Waals surface area contributed by atoms with Crippen LogP contribution in [0.4, 0.5) is 0 Å². The van der Waals surface area contributed by atoms with Crippen LogP contribution < -0.4 is 21.7 Å². The van der Waals surface area contributed by atoms with Crippen LogP contribution in [0.3, 0.4) is 0 Å². The summed E-state index contributed by atoms with van der Waals surface area (Å²) in [6, 6.07) is 0.0877. The van der Waals surface area contributed by atoms with Crippen LogP contribution in [0.25, 0.3) is 0 Å². The minimum Gasteiger partial charge on any atom is -0.508 e. The van der Waals surface area contributed by atoms with Crippen molar-refractivity contribution in [1.29, 1.82) is 0 Å². The smallest absolute Gasteiger partial charge is 0.326 e. The highest BCUT2D eigenvalue weighted by atomic mass is 16.4. The lowest BCUT2D eigenvalue weighted by Crippen LogP contribution is -2.57. The maximum absolute atomic E-state index is 12.8. The zero-order chi connectivity index (χ0) is 26.7. The Morgan fingerprint density at radius 3 is 1.91 bits per heavy atom. The number of aliphatic carboxylic acids is 3. The number of hydrogen-bond donors (Lipinski definition) is 8. The Bertz CT molecular complexity index is 950. The molecule has 4 unspecified atom stereocenters. The number of carboxylic acid groups (broad SMARTS) is 3. The first-order valence-electron chi connectivity index (χ1n) is 10.4. The lowest BCUT2D eigenvalue weighted by molar-refractivity contribution is -0.143. The topological polar surface area (TPSA) is 245 Å². The van der Waals surface area contributed by atoms with Gasteiger partial charge in [-0.05, 0) is 31.0 Å². The van der Waals surface area contributed by atoms with Gasteiger partial charge in [0.15, 0.2) is 0 Å². The molecule has 1 aromatic carbocycles. The van der Waals surface area contributed by atoms with Gasteiger partial charge in [0.25, 0.3) is 0 Å². The van der Waals surface area contributed by atoms with E-state index in [4.69, 9.17) is 15.9 Å². The molecule has 1 rings (SSSR count). The molecule has 3 amide bonds. The maximum atomic E-state index is 12.8. The average molecular weight is 496 g/mol. The van der Waals surface area contributed by atoms with E-state index < -0.39 is 79.1 Å². The molecule has 0 aliphatic heterocycles. The highest BCUT2D eigenvalue weighted by Gasteiger charge is 2.29. The van der Waals surface area contributed by atoms with Crippen LogP contribution in [-0.4, -0.2) is 80.2 Å². The predicted octanol–water partition coefficient (Wildman–Crippen LogP) is -1.84. The molecule has 0 aromatic heterocycles. The molecular weight excluding hydrogens is 468 g/mol. The normalized spacial score (nSPS) is 14.0. The molecule has 192 valence electrons. The molecule has 0 saturated carbocycles. The van der Waals surface area contributed by atoms with Crippen LogP contribution in [-0.2, 0) is 35.2 Å². The van der Waals surface area contributed by atoms with Gasteiger partial charge in [-0.25, -0.2) is 4.79 Å². The Hall–Kier alpha value is -4.20. The number of nitrogens with one attached hydrogen (secondary N) is 3. The van der Waals surface area contributed by atoms with Crippen molar-refractivity contribution in [2.75, 3.05) is 0 Å². The summed E-state index contributed by atoms with van der Waals surface area (Å²) in [5.41, 5.74) is 5.94. The van der Waals surface area contributed by atoms with Crippen molar-refractivity contribution in [2.24, 2.45) is 5.73 Å². The first-order chi connectivity index (χ1) is 16.3. The molecule has 1 aromatic rings. The van der Waals surface area contributed by atoms with Crippen molar-refractivity contribution >= 4 is 35.6 Å². The van der Waals surface area contributed by atoms with E-state index in [1.807, 2.05) is 0 Å². The van der Waals surface area contributed by atoms with E-state index in [2.05, 4.69) is 16.0 Å². The fourth-order valence-electron chi connectivity index (χ4n) is 2.84. The van der Waals surface area contributed by atoms with Gasteiger partial charge >= 0.3 is 17.9 Å². The van der Waals surface area contributed by atoms with Crippen molar-refractivity contribution in [2.45, 2.75) is 56.8 Å². The number of phenols is 1. The third kappa shape index (κ3) is 10.5. The Balaban J connectivity index is 2.99. The van der Waals surface area contributed by atoms with Crippen molar-refractivity contribution in [3.05, 3.63) is 29.8 Å². The monoisotopic (exact) mass is 496 g/mol. The van der Waals surface area contributed by atoms with Gasteiger partial charge in [-0.1, -0.05) is 12.1 Å². The summed E-state index contributed by atoms with van der Waals surface area (Å²) in [6.07, 6.45) is -1.72. The number of rotatable bonds is 14. The third-order valence-electron chi connectivity index (χ3n) is 4.75. The molecule has 9 N–H and O–H groups in total. The Morgan fingerprint density at radius 1 is 0.829 bits per heavy atom. The van der Waals surface area contributed by atoms with Gasteiger partial charge < -0.3 is 42.1 Å². The second-order valence-electron chi connectivity index (χ2n) is 7.70. The first kappa shape index (κ1) is 28.8. The lowest BCUT2D eigenvalue weighted by atomic mass is 10.0. The predicted molar refractivity (Wildman–Crippen MR) is 118 cm³/mol. The molecule has 0 aliphatic carbocycles. The van der Waals surface area contributed by atoms with Gasteiger partial charge in [0.2, 0.25) is 17.7 Å². The number of carbonyl (C=O) groups is 6. The van der Waals surface area contributed by atoms with E-state index in [1.165, 1.54) is 31.2 Å². The standard InChI is InChI=1S/C21H28N4O10/c1-10(23-19(32)13(22)9-17(29)30)18(31)25-15(8-11-2-4-12(26)5-3-11)20(33)24-14(21(34)35)6-7-16(27)28/h2-5,10,13-15,26H,6-9,22H2,1H3,(H,23,32)(H,24,33)(H,25,31)(H,27,28)(H,29,30)(H,34,35). The van der Waals surface area contributed by atoms with Gasteiger partial charge in [0.05, 0.1) is 12.5 Å². The maximum Gasteiger partial charge on any atom is 0.326 e. The molecule has 0 radical (unpaired) electrons. The minimum absolute atomic E-state index is 0.0487. The van der Waals surface area contributed by atoms with Crippen LogP contribution in [0.1, 0.15) is 31.7 Å². The average Bonchev–Trinajstić information content (AvgIpc) is 2.76. The highest BCUT2D eigenvalue weighted by molar-refractivity contribution is 5.94. The summed E-state index contributed by atoms with van der Waals surface area (Å²) in [7, 11) is 0. The number of nitrogens with two attached hydrogens (primary N) is 1. The van der Waals surface area contributed by atoms with Crippen molar-refractivity contribution in [3.63, 3.8) is 0 Å². The number of hydrogen-bond acceptors (Lipinski definition) is 8. The zero-order valence-electron chi connectivity index (χ0n) is 18.8. The number of amides is 3. The van der Waals surface area contributed by atoms with E-state index in [9.17, 15) is 39.0 Å². The summed E-state index contributed by atoms with van der Waals surface area (Å²) in [6.45, 7) is 1.27. The van der Waals surface area contributed by atoms with Crippen LogP contribution in [0, 0.1) is 0 Å². The summed E-state index contributed by atoms with van der Waals surface area (Å²) in [4.78, 5) is 70.3. The second kappa shape index (κ2) is 13.5. The molecule has 14 nitrogen and oxygen atoms in total. The van der Waals surface area contributed by atoms with Crippen LogP contribution in [0.2, 0.25) is 0 Å². The SMILES string of the molecule is CC(NC(=O)C(N)CC(=O)O)C(=O)NC(Cc1ccc(O)cc1)C(=O)NC(CCC(=O)O)C(=O)O. The molecule has 0 spiro atoms. The third-order valence-corrected chi connectivity index (χ3v) is 4.75. The first-order valence-corrected chi connectivity index (χ1v) is 10.4. The van der Waals surface area contributed by atoms with Crippen LogP contribution in [0.5, 0.6) is 5.75 Å². The quantitative estimate of drug-likeness (QED) is 0.142. The van der Waals surface area contributed by atoms with Gasteiger partial charge in [-0.2, -0.15) is 0 Å². The van der Waals surface area contributed by atoms with E-state index in [0.29, 0.717) is 5.56 Å². The van der Waals surface area contributed by atoms with Crippen molar-refractivity contribution in [3.8, 4) is 5.75 Å². The molecule has 0 saturated heterocycles. The fourth-order valence-corrected chi connectivity index (χ4v) is 2.84. The Morgan fingerprint density at radius 2 is 1.40 bits per heavy atom. The van der Waals surface area contributed by atoms with Gasteiger partial charge in [-0.3, -0.25) is 24.0 Å². The van der Waals surface area contributed by atoms with Crippen molar-refractivity contribution < 1.29 is 49.2 Å². The molecule has 0 bridgehead atoms. The number of benzene rings is 1. The molecule has 35 heavy (non-hydrogen) atoms. The van der Waals surface area contributed by atoms with Gasteiger partial charge in [0.1, 0.15) is 23.9 Å². The lowest BCUT2D eigenvalue weighted by Gasteiger charge is -2.23. The van der Waals surface area contributed by atoms with Gasteiger partial charge in [0, 0.05) is 12.8 Å². The van der Waals surface area contributed by atoms with E-state index in [0.717, 1.165) is 0 Å². The van der Waals surface area contributed by atoms with E-state index in [-0.39, 0.29) is 12.2 Å². The molecule has 0 aliphatic rings. The number of carboxylic acids is 3. The second-order valence-corrected chi connectivity index (χ2v) is 7.70. The van der Waals surface area contributed by atoms with Crippen LogP contribution in [0.15, 0.2) is 24.3 Å². The number of aromatic hydroxyl groups is 1. The van der Waals surface area contributed by atoms with E-state index in [1.54, 1.807) is 0 Å². The minimum atomic E-state index is -1.54. The molecule has 14 heteroatoms. The number of phenolic OH excluding ortho intramolecular Hbond substituents is 1. The molecule has 4 atom stereocenters. The van der Waals surface area contributed by atoms with E-state index >= 15 is 0 Å². The van der Waals surface area contributed by atoms with Crippen LogP contribution >= 0.6 is 0 Å². The summed E-state index contributed by atoms with van der Waals surface area (Å²) in [5, 5.41) is 43.0. The highest BCUT2D eigenvalue weighted by Crippen LogP contribution is 2.12. The Kier molecular flexibility index (Phi) is 11.1. The number of carbonyl (C=O) groups excluding carboxylic acids is 3. The largest absolute Gasteiger partial charge is 0.508 e. The summed E-state index contributed by atoms with van der Waals surface area (Å²) in [5.74, 6) is -6.78. The van der Waals surface area contributed by atoms with Crippen molar-refractivity contribution in [1.82, 2.24) is 16.0 Å². The Labute approximate surface area is 199 Å². The fraction of sp³-hybridized carbons (Fsp3) is 0.429. The molecular formula is C21H28N4O10. The summed E-state index contributed by atoms with van der Waals surface area (Å²) < 4.78 is 0. The zero-order valence-corrected chi connectivity index (χ0v) is 18.8. The molecule has 0 heterocycles. The van der Waals surface area contributed by atoms with Gasteiger partial charge in [-0.15, -0.1) is 0 Å². The molecule has 0 fully saturated rings. The summed E-state index contributed by atoms with van der Waals surface area (Å²) >= 11 is 0.